The maximum atomic E-state index is 13.3. The van der Waals surface area contributed by atoms with Gasteiger partial charge < -0.3 is 10.2 Å². The molecule has 2 aliphatic heterocycles. The lowest BCUT2D eigenvalue weighted by Gasteiger charge is -2.36. The van der Waals surface area contributed by atoms with E-state index in [0.29, 0.717) is 39.3 Å². The van der Waals surface area contributed by atoms with Crippen molar-refractivity contribution in [3.8, 4) is 0 Å². The van der Waals surface area contributed by atoms with Gasteiger partial charge in [-0.2, -0.15) is 0 Å². The molecule has 32 heavy (non-hydrogen) atoms. The standard InChI is InChI=1S/C24H30FN5O2/c1-16-4-3-5-17(2)22(16)27-21(31)15-29-10-12-30(13-11-29)24(32)20-14-26-28-23(20)18-6-8-19(25)9-7-18/h3-9,20,23,26,28H,10-15H2,1-2H3,(H,27,31). The number of benzene rings is 2. The zero-order chi connectivity index (χ0) is 22.7. The number of carbonyl (C=O) groups excluding carboxylic acids is 2. The predicted octanol–water partition coefficient (Wildman–Crippen LogP) is 1.99. The van der Waals surface area contributed by atoms with Crippen LogP contribution in [-0.4, -0.2) is 60.9 Å². The molecule has 2 heterocycles. The minimum atomic E-state index is -0.291. The van der Waals surface area contributed by atoms with Gasteiger partial charge in [-0.05, 0) is 42.7 Å². The number of aryl methyl sites for hydroxylation is 2. The van der Waals surface area contributed by atoms with Crippen molar-refractivity contribution in [1.82, 2.24) is 20.7 Å². The normalized spacial score (nSPS) is 21.5. The SMILES string of the molecule is Cc1cccc(C)c1NC(=O)CN1CCN(C(=O)C2CNNC2c2ccc(F)cc2)CC1. The number of amides is 2. The van der Waals surface area contributed by atoms with Crippen LogP contribution in [0.2, 0.25) is 0 Å². The van der Waals surface area contributed by atoms with Gasteiger partial charge in [0.2, 0.25) is 11.8 Å². The van der Waals surface area contributed by atoms with Crippen molar-refractivity contribution in [1.29, 1.82) is 0 Å². The van der Waals surface area contributed by atoms with Crippen molar-refractivity contribution in [2.24, 2.45) is 5.92 Å². The molecule has 0 spiro atoms. The minimum Gasteiger partial charge on any atom is -0.340 e. The number of hydrogen-bond donors (Lipinski definition) is 3. The molecule has 2 unspecified atom stereocenters. The summed E-state index contributed by atoms with van der Waals surface area (Å²) in [6.07, 6.45) is 0. The van der Waals surface area contributed by atoms with Crippen molar-refractivity contribution < 1.29 is 14.0 Å². The third-order valence-corrected chi connectivity index (χ3v) is 6.32. The van der Waals surface area contributed by atoms with Gasteiger partial charge in [-0.25, -0.2) is 9.82 Å². The van der Waals surface area contributed by atoms with Gasteiger partial charge in [0, 0.05) is 38.4 Å². The summed E-state index contributed by atoms with van der Waals surface area (Å²) in [5, 5.41) is 3.03. The highest BCUT2D eigenvalue weighted by Gasteiger charge is 2.37. The Hall–Kier alpha value is -2.81. The topological polar surface area (TPSA) is 76.7 Å². The number of para-hydroxylation sites is 1. The Morgan fingerprint density at radius 3 is 2.34 bits per heavy atom. The maximum Gasteiger partial charge on any atom is 0.238 e. The van der Waals surface area contributed by atoms with Crippen LogP contribution in [0, 0.1) is 25.6 Å². The molecule has 2 aromatic carbocycles. The van der Waals surface area contributed by atoms with E-state index in [9.17, 15) is 14.0 Å². The van der Waals surface area contributed by atoms with Crippen molar-refractivity contribution >= 4 is 17.5 Å². The van der Waals surface area contributed by atoms with Gasteiger partial charge in [0.1, 0.15) is 5.82 Å². The van der Waals surface area contributed by atoms with Crippen molar-refractivity contribution in [3.63, 3.8) is 0 Å². The van der Waals surface area contributed by atoms with E-state index in [1.165, 1.54) is 12.1 Å². The summed E-state index contributed by atoms with van der Waals surface area (Å²) in [7, 11) is 0. The molecule has 2 aromatic rings. The first kappa shape index (κ1) is 22.4. The summed E-state index contributed by atoms with van der Waals surface area (Å²) in [5.74, 6) is -0.501. The van der Waals surface area contributed by atoms with Gasteiger partial charge in [-0.15, -0.1) is 0 Å². The fourth-order valence-electron chi connectivity index (χ4n) is 4.47. The number of carbonyl (C=O) groups is 2. The molecule has 0 saturated carbocycles. The predicted molar refractivity (Wildman–Crippen MR) is 121 cm³/mol. The van der Waals surface area contributed by atoms with Crippen LogP contribution in [0.3, 0.4) is 0 Å². The average Bonchev–Trinajstić information content (AvgIpc) is 3.27. The lowest BCUT2D eigenvalue weighted by Crippen LogP contribution is -2.52. The Morgan fingerprint density at radius 2 is 1.69 bits per heavy atom. The van der Waals surface area contributed by atoms with E-state index in [1.807, 2.05) is 36.9 Å². The Morgan fingerprint density at radius 1 is 1.03 bits per heavy atom. The average molecular weight is 440 g/mol. The largest absolute Gasteiger partial charge is 0.340 e. The van der Waals surface area contributed by atoms with Crippen LogP contribution >= 0.6 is 0 Å². The molecule has 0 aromatic heterocycles. The van der Waals surface area contributed by atoms with Gasteiger partial charge in [0.15, 0.2) is 0 Å². The molecule has 2 atom stereocenters. The van der Waals surface area contributed by atoms with Crippen LogP contribution in [0.1, 0.15) is 22.7 Å². The third kappa shape index (κ3) is 4.98. The Bertz CT molecular complexity index is 953. The van der Waals surface area contributed by atoms with Crippen LogP contribution in [-0.2, 0) is 9.59 Å². The van der Waals surface area contributed by atoms with Crippen molar-refractivity contribution in [2.45, 2.75) is 19.9 Å². The summed E-state index contributed by atoms with van der Waals surface area (Å²) in [4.78, 5) is 29.7. The second-order valence-electron chi connectivity index (χ2n) is 8.58. The van der Waals surface area contributed by atoms with E-state index < -0.39 is 0 Å². The molecule has 7 nitrogen and oxygen atoms in total. The van der Waals surface area contributed by atoms with E-state index >= 15 is 0 Å². The van der Waals surface area contributed by atoms with Gasteiger partial charge >= 0.3 is 0 Å². The summed E-state index contributed by atoms with van der Waals surface area (Å²) in [5.41, 5.74) is 10.1. The van der Waals surface area contributed by atoms with Crippen LogP contribution in [0.25, 0.3) is 0 Å². The fourth-order valence-corrected chi connectivity index (χ4v) is 4.47. The Labute approximate surface area is 187 Å². The molecule has 2 aliphatic rings. The second kappa shape index (κ2) is 9.77. The second-order valence-corrected chi connectivity index (χ2v) is 8.58. The quantitative estimate of drug-likeness (QED) is 0.664. The lowest BCUT2D eigenvalue weighted by molar-refractivity contribution is -0.137. The third-order valence-electron chi connectivity index (χ3n) is 6.32. The van der Waals surface area contributed by atoms with Crippen LogP contribution in [0.4, 0.5) is 10.1 Å². The molecular weight excluding hydrogens is 409 g/mol. The molecule has 2 amide bonds. The highest BCUT2D eigenvalue weighted by molar-refractivity contribution is 5.93. The first-order valence-electron chi connectivity index (χ1n) is 11.0. The summed E-state index contributed by atoms with van der Waals surface area (Å²) in [6.45, 7) is 7.28. The number of halogens is 1. The Kier molecular flexibility index (Phi) is 6.83. The van der Waals surface area contributed by atoms with Gasteiger partial charge in [0.25, 0.3) is 0 Å². The molecule has 8 heteroatoms. The monoisotopic (exact) mass is 439 g/mol. The number of anilines is 1. The summed E-state index contributed by atoms with van der Waals surface area (Å²) in [6, 6.07) is 12.0. The van der Waals surface area contributed by atoms with E-state index in [4.69, 9.17) is 0 Å². The fraction of sp³-hybridized carbons (Fsp3) is 0.417. The summed E-state index contributed by atoms with van der Waals surface area (Å²) < 4.78 is 13.3. The van der Waals surface area contributed by atoms with E-state index in [0.717, 1.165) is 22.4 Å². The molecule has 0 bridgehead atoms. The molecule has 3 N–H and O–H groups in total. The van der Waals surface area contributed by atoms with E-state index in [2.05, 4.69) is 21.1 Å². The molecule has 0 radical (unpaired) electrons. The van der Waals surface area contributed by atoms with Crippen LogP contribution in [0.5, 0.6) is 0 Å². The molecule has 2 saturated heterocycles. The highest BCUT2D eigenvalue weighted by Crippen LogP contribution is 2.27. The van der Waals surface area contributed by atoms with Crippen LogP contribution < -0.4 is 16.2 Å². The van der Waals surface area contributed by atoms with Crippen LogP contribution in [0.15, 0.2) is 42.5 Å². The van der Waals surface area contributed by atoms with Gasteiger partial charge in [-0.3, -0.25) is 19.9 Å². The number of hydrogen-bond acceptors (Lipinski definition) is 5. The minimum absolute atomic E-state index is 0.0391. The lowest BCUT2D eigenvalue weighted by atomic mass is 9.93. The number of nitrogens with one attached hydrogen (secondary N) is 3. The molecule has 0 aliphatic carbocycles. The Balaban J connectivity index is 1.30. The zero-order valence-electron chi connectivity index (χ0n) is 18.5. The molecule has 170 valence electrons. The molecule has 4 rings (SSSR count). The number of nitrogens with zero attached hydrogens (tertiary/aromatic N) is 2. The van der Waals surface area contributed by atoms with Crippen molar-refractivity contribution in [3.05, 3.63) is 65.0 Å². The van der Waals surface area contributed by atoms with E-state index in [1.54, 1.807) is 12.1 Å². The van der Waals surface area contributed by atoms with Gasteiger partial charge in [0.05, 0.1) is 18.5 Å². The number of piperazine rings is 1. The number of hydrazine groups is 1. The molecule has 2 fully saturated rings. The highest BCUT2D eigenvalue weighted by atomic mass is 19.1. The zero-order valence-corrected chi connectivity index (χ0v) is 18.5. The first-order valence-corrected chi connectivity index (χ1v) is 11.0. The molecular formula is C24H30FN5O2. The number of rotatable bonds is 5. The summed E-state index contributed by atoms with van der Waals surface area (Å²) >= 11 is 0. The first-order chi connectivity index (χ1) is 15.4. The van der Waals surface area contributed by atoms with Crippen molar-refractivity contribution in [2.75, 3.05) is 44.6 Å². The van der Waals surface area contributed by atoms with E-state index in [-0.39, 0.29) is 29.6 Å². The van der Waals surface area contributed by atoms with Gasteiger partial charge in [-0.1, -0.05) is 30.3 Å². The smallest absolute Gasteiger partial charge is 0.238 e. The maximum absolute atomic E-state index is 13.3.